The van der Waals surface area contributed by atoms with Crippen molar-refractivity contribution in [3.8, 4) is 0 Å². The third kappa shape index (κ3) is 8.55. The minimum atomic E-state index is -5.72. The summed E-state index contributed by atoms with van der Waals surface area (Å²) >= 11 is 0. The summed E-state index contributed by atoms with van der Waals surface area (Å²) in [6.45, 7) is 0.0624. The largest absolute Gasteiger partial charge is 0.490 e. The van der Waals surface area contributed by atoms with Gasteiger partial charge in [-0.1, -0.05) is 5.11 Å². The van der Waals surface area contributed by atoms with Crippen LogP contribution in [0.5, 0.6) is 0 Å². The van der Waals surface area contributed by atoms with Crippen molar-refractivity contribution in [3.05, 3.63) is 43.0 Å². The van der Waals surface area contributed by atoms with Gasteiger partial charge in [-0.2, -0.15) is 8.62 Å². The number of phosphoric ester groups is 1. The molecule has 2 rings (SSSR count). The molecule has 2 heterocycles. The third-order valence-corrected chi connectivity index (χ3v) is 7.67. The molecule has 1 aliphatic rings. The molecule has 0 bridgehead atoms. The van der Waals surface area contributed by atoms with Gasteiger partial charge in [0.05, 0.1) is 12.7 Å². The summed E-state index contributed by atoms with van der Waals surface area (Å²) in [5.41, 5.74) is 7.07. The van der Waals surface area contributed by atoms with Gasteiger partial charge in [-0.15, -0.1) is 0 Å². The van der Waals surface area contributed by atoms with Gasteiger partial charge < -0.3 is 29.0 Å². The van der Waals surface area contributed by atoms with Crippen molar-refractivity contribution in [3.63, 3.8) is 0 Å². The predicted octanol–water partition coefficient (Wildman–Crippen LogP) is 0.129. The molecule has 0 aliphatic carbocycles. The van der Waals surface area contributed by atoms with Gasteiger partial charge in [-0.05, 0) is 12.5 Å². The highest BCUT2D eigenvalue weighted by Gasteiger charge is 2.43. The van der Waals surface area contributed by atoms with E-state index in [1.54, 1.807) is 0 Å². The van der Waals surface area contributed by atoms with Crippen LogP contribution in [0.25, 0.3) is 10.4 Å². The van der Waals surface area contributed by atoms with Gasteiger partial charge in [0.15, 0.2) is 0 Å². The topological polar surface area (TPSA) is 282 Å². The van der Waals surface area contributed by atoms with Crippen LogP contribution in [0.15, 0.2) is 20.9 Å². The number of phosphoric acid groups is 3. The molecular weight excluding hydrogens is 519 g/mol. The number of aromatic amines is 1. The molecule has 1 aliphatic heterocycles. The number of ether oxygens (including phenoxy) is 2. The van der Waals surface area contributed by atoms with Gasteiger partial charge in [0.2, 0.25) is 0 Å². The summed E-state index contributed by atoms with van der Waals surface area (Å²) in [6, 6.07) is 0. The van der Waals surface area contributed by atoms with Crippen molar-refractivity contribution >= 4 is 23.5 Å². The Hall–Kier alpha value is -1.68. The lowest BCUT2D eigenvalue weighted by Gasteiger charge is -2.21. The Balaban J connectivity index is 2.16. The predicted molar refractivity (Wildman–Crippen MR) is 103 cm³/mol. The van der Waals surface area contributed by atoms with Gasteiger partial charge >= 0.3 is 29.2 Å². The average Bonchev–Trinajstić information content (AvgIpc) is 3.03. The molecule has 33 heavy (non-hydrogen) atoms. The van der Waals surface area contributed by atoms with Crippen LogP contribution in [0.3, 0.4) is 0 Å². The fraction of sp³-hybridized carbons (Fsp3) is 0.636. The van der Waals surface area contributed by atoms with Crippen LogP contribution in [0, 0.1) is 6.92 Å². The summed E-state index contributed by atoms with van der Waals surface area (Å²) in [4.78, 5) is 64.0. The SMILES string of the molecule is Cc1cn([C@@H]2C[C@H](OCN=[N+]=[N-])[C@H](COP(=O)(O)OP(=O)(O)OP(=O)(O)O)O2)c(=O)[nH]c1=O. The van der Waals surface area contributed by atoms with Crippen molar-refractivity contribution in [2.45, 2.75) is 31.8 Å². The van der Waals surface area contributed by atoms with Gasteiger partial charge in [-0.3, -0.25) is 18.9 Å². The molecular formula is C11H18N5O14P3. The van der Waals surface area contributed by atoms with Gasteiger partial charge in [-0.25, -0.2) is 18.5 Å². The molecule has 5 N–H and O–H groups in total. The standard InChI is InChI=1S/C11H18N5O14P3/c1-6-3-16(11(18)14-10(6)17)9-2-7(26-5-13-15-12)8(28-9)4-27-32(22,23)30-33(24,25)29-31(19,20)21/h3,7-9H,2,4-5H2,1H3,(H,22,23)(H,24,25)(H,14,17,18)(H2,19,20,21)/t7-,8-,9-/m0/s1. The first kappa shape index (κ1) is 27.6. The van der Waals surface area contributed by atoms with Crippen LogP contribution in [0.4, 0.5) is 0 Å². The molecule has 1 aromatic heterocycles. The highest BCUT2D eigenvalue weighted by molar-refractivity contribution is 7.66. The first-order valence-corrected chi connectivity index (χ1v) is 13.0. The van der Waals surface area contributed by atoms with E-state index < -0.39 is 66.5 Å². The van der Waals surface area contributed by atoms with E-state index in [0.717, 1.165) is 4.57 Å². The fourth-order valence-electron chi connectivity index (χ4n) is 2.62. The lowest BCUT2D eigenvalue weighted by Crippen LogP contribution is -2.33. The zero-order valence-electron chi connectivity index (χ0n) is 16.4. The van der Waals surface area contributed by atoms with E-state index in [-0.39, 0.29) is 12.0 Å². The fourth-order valence-corrected chi connectivity index (χ4v) is 5.65. The quantitative estimate of drug-likeness (QED) is 0.109. The molecule has 5 atom stereocenters. The molecule has 0 radical (unpaired) electrons. The Labute approximate surface area is 182 Å². The number of hydrogen-bond donors (Lipinski definition) is 5. The molecule has 0 saturated carbocycles. The number of aryl methyl sites for hydroxylation is 1. The van der Waals surface area contributed by atoms with Gasteiger partial charge in [0.25, 0.3) is 5.56 Å². The smallest absolute Gasteiger partial charge is 0.369 e. The van der Waals surface area contributed by atoms with Crippen molar-refractivity contribution < 1.29 is 55.9 Å². The number of rotatable bonds is 11. The number of hydrogen-bond acceptors (Lipinski definition) is 11. The van der Waals surface area contributed by atoms with E-state index in [1.807, 2.05) is 0 Å². The van der Waals surface area contributed by atoms with E-state index >= 15 is 0 Å². The summed E-state index contributed by atoms with van der Waals surface area (Å²) in [7, 11) is -16.7. The average molecular weight is 537 g/mol. The summed E-state index contributed by atoms with van der Waals surface area (Å²) < 4.78 is 57.6. The molecule has 186 valence electrons. The second kappa shape index (κ2) is 10.7. The van der Waals surface area contributed by atoms with E-state index in [4.69, 9.17) is 24.8 Å². The van der Waals surface area contributed by atoms with Crippen LogP contribution in [-0.4, -0.2) is 54.7 Å². The van der Waals surface area contributed by atoms with Crippen LogP contribution < -0.4 is 11.2 Å². The summed E-state index contributed by atoms with van der Waals surface area (Å²) in [5, 5.41) is 3.16. The van der Waals surface area contributed by atoms with Crippen LogP contribution in [0.1, 0.15) is 18.2 Å². The lowest BCUT2D eigenvalue weighted by molar-refractivity contribution is -0.0601. The highest BCUT2D eigenvalue weighted by atomic mass is 31.3. The minimum Gasteiger partial charge on any atom is -0.369 e. The first-order chi connectivity index (χ1) is 15.1. The number of nitrogens with one attached hydrogen (secondary N) is 1. The lowest BCUT2D eigenvalue weighted by atomic mass is 10.2. The molecule has 22 heteroatoms. The Morgan fingerprint density at radius 3 is 2.52 bits per heavy atom. The number of aromatic nitrogens is 2. The van der Waals surface area contributed by atoms with Crippen LogP contribution in [-0.2, 0) is 36.3 Å². The molecule has 1 fully saturated rings. The highest BCUT2D eigenvalue weighted by Crippen LogP contribution is 2.66. The number of H-pyrrole nitrogens is 1. The van der Waals surface area contributed by atoms with Crippen molar-refractivity contribution in [1.29, 1.82) is 0 Å². The van der Waals surface area contributed by atoms with E-state index in [0.29, 0.717) is 0 Å². The number of azide groups is 1. The number of nitrogens with zero attached hydrogens (tertiary/aromatic N) is 4. The second-order valence-electron chi connectivity index (χ2n) is 6.30. The normalized spacial score (nSPS) is 24.6. The zero-order chi connectivity index (χ0) is 25.0. The van der Waals surface area contributed by atoms with Crippen LogP contribution >= 0.6 is 23.5 Å². The Kier molecular flexibility index (Phi) is 8.95. The van der Waals surface area contributed by atoms with Gasteiger partial charge in [0, 0.05) is 23.1 Å². The molecule has 1 saturated heterocycles. The molecule has 2 unspecified atom stereocenters. The van der Waals surface area contributed by atoms with Crippen molar-refractivity contribution in [2.75, 3.05) is 13.3 Å². The molecule has 0 amide bonds. The van der Waals surface area contributed by atoms with E-state index in [2.05, 4.69) is 28.2 Å². The van der Waals surface area contributed by atoms with Gasteiger partial charge in [0.1, 0.15) is 19.1 Å². The third-order valence-electron chi connectivity index (χ3n) is 3.86. The Morgan fingerprint density at radius 1 is 1.24 bits per heavy atom. The zero-order valence-corrected chi connectivity index (χ0v) is 19.1. The second-order valence-corrected chi connectivity index (χ2v) is 10.7. The van der Waals surface area contributed by atoms with E-state index in [1.165, 1.54) is 13.1 Å². The Morgan fingerprint density at radius 2 is 1.91 bits per heavy atom. The maximum absolute atomic E-state index is 12.1. The van der Waals surface area contributed by atoms with Crippen LogP contribution in [0.2, 0.25) is 0 Å². The monoisotopic (exact) mass is 537 g/mol. The molecule has 0 aromatic carbocycles. The van der Waals surface area contributed by atoms with E-state index in [9.17, 15) is 33.1 Å². The maximum Gasteiger partial charge on any atom is 0.490 e. The Bertz CT molecular complexity index is 1170. The maximum atomic E-state index is 12.1. The molecule has 19 nitrogen and oxygen atoms in total. The summed E-state index contributed by atoms with van der Waals surface area (Å²) in [5.74, 6) is 0. The minimum absolute atomic E-state index is 0.0865. The van der Waals surface area contributed by atoms with Crippen molar-refractivity contribution in [2.24, 2.45) is 5.11 Å². The molecule has 0 spiro atoms. The van der Waals surface area contributed by atoms with Crippen molar-refractivity contribution in [1.82, 2.24) is 9.55 Å². The molecule has 1 aromatic rings. The summed E-state index contributed by atoms with van der Waals surface area (Å²) in [6.07, 6.45) is -2.21. The first-order valence-electron chi connectivity index (χ1n) is 8.51.